The van der Waals surface area contributed by atoms with E-state index in [-0.39, 0.29) is 0 Å². The lowest BCUT2D eigenvalue weighted by Gasteiger charge is -2.17. The third kappa shape index (κ3) is 8.21. The number of terminal acetylenes is 1. The van der Waals surface area contributed by atoms with E-state index in [1.54, 1.807) is 0 Å². The molecule has 2 aliphatic rings. The van der Waals surface area contributed by atoms with Gasteiger partial charge in [0.25, 0.3) is 0 Å². The summed E-state index contributed by atoms with van der Waals surface area (Å²) in [5, 5.41) is 10.3. The molecule has 1 unspecified atom stereocenters. The Kier molecular flexibility index (Phi) is 10.7. The van der Waals surface area contributed by atoms with Crippen LogP contribution in [0.25, 0.3) is 0 Å². The maximum absolute atomic E-state index is 4.48. The van der Waals surface area contributed by atoms with E-state index in [9.17, 15) is 0 Å². The fourth-order valence-corrected chi connectivity index (χ4v) is 3.19. The standard InChI is InChI=1S/C13H16N2S.C4H10N2.C2H2/c1-10-6-5-9-14-12-7-3-4-8-13(12)15-11(2)16-10;1-2-6-4-3-5-1;1-2/h3-4,6-9,11,15H,5H2,1-2H3;5-6H,1-4H2;1-2H/b10-6-,14-9?;;. The Labute approximate surface area is 150 Å². The Balaban J connectivity index is 0.000000300. The first-order valence-corrected chi connectivity index (χ1v) is 9.10. The van der Waals surface area contributed by atoms with Gasteiger partial charge in [-0.2, -0.15) is 0 Å². The summed E-state index contributed by atoms with van der Waals surface area (Å²) in [4.78, 5) is 5.81. The SMILES string of the molecule is C#C.C/C1=C/CC=Nc2ccccc2NC(C)S1.C1CNCCN1. The zero-order valence-corrected chi connectivity index (χ0v) is 15.4. The van der Waals surface area contributed by atoms with E-state index < -0.39 is 0 Å². The van der Waals surface area contributed by atoms with E-state index in [0.717, 1.165) is 44.0 Å². The second-order valence-corrected chi connectivity index (χ2v) is 6.87. The van der Waals surface area contributed by atoms with Gasteiger partial charge in [0.05, 0.1) is 16.7 Å². The highest BCUT2D eigenvalue weighted by Crippen LogP contribution is 2.29. The molecule has 0 amide bonds. The average Bonchev–Trinajstić information content (AvgIpc) is 2.63. The van der Waals surface area contributed by atoms with Crippen molar-refractivity contribution < 1.29 is 0 Å². The van der Waals surface area contributed by atoms with Gasteiger partial charge in [-0.05, 0) is 30.9 Å². The molecular weight excluding hydrogens is 316 g/mol. The molecule has 0 aliphatic carbocycles. The van der Waals surface area contributed by atoms with Crippen molar-refractivity contribution in [2.75, 3.05) is 31.5 Å². The minimum atomic E-state index is 0.366. The number of hydrogen-bond acceptors (Lipinski definition) is 5. The first-order chi connectivity index (χ1) is 11.8. The van der Waals surface area contributed by atoms with Crippen LogP contribution in [0.3, 0.4) is 0 Å². The van der Waals surface area contributed by atoms with Crippen molar-refractivity contribution in [3.63, 3.8) is 0 Å². The topological polar surface area (TPSA) is 48.5 Å². The van der Waals surface area contributed by atoms with E-state index in [1.165, 1.54) is 4.91 Å². The van der Waals surface area contributed by atoms with Crippen LogP contribution < -0.4 is 16.0 Å². The van der Waals surface area contributed by atoms with E-state index in [1.807, 2.05) is 36.2 Å². The zero-order chi connectivity index (χ0) is 17.6. The van der Waals surface area contributed by atoms with E-state index >= 15 is 0 Å². The quantitative estimate of drug-likeness (QED) is 0.629. The van der Waals surface area contributed by atoms with Gasteiger partial charge in [0.15, 0.2) is 0 Å². The number of nitrogens with one attached hydrogen (secondary N) is 3. The number of rotatable bonds is 0. The Morgan fingerprint density at radius 1 is 1.08 bits per heavy atom. The second-order valence-electron chi connectivity index (χ2n) is 5.28. The predicted molar refractivity (Wildman–Crippen MR) is 109 cm³/mol. The third-order valence-corrected chi connectivity index (χ3v) is 4.33. The smallest absolute Gasteiger partial charge is 0.0857 e. The molecule has 4 nitrogen and oxygen atoms in total. The summed E-state index contributed by atoms with van der Waals surface area (Å²) in [7, 11) is 0. The molecule has 0 spiro atoms. The normalized spacial score (nSPS) is 22.0. The third-order valence-electron chi connectivity index (χ3n) is 3.32. The molecule has 3 N–H and O–H groups in total. The summed E-state index contributed by atoms with van der Waals surface area (Å²) in [6, 6.07) is 8.16. The van der Waals surface area contributed by atoms with Crippen LogP contribution >= 0.6 is 11.8 Å². The van der Waals surface area contributed by atoms with Gasteiger partial charge in [0.1, 0.15) is 0 Å². The van der Waals surface area contributed by atoms with Gasteiger partial charge in [-0.25, -0.2) is 0 Å². The summed E-state index contributed by atoms with van der Waals surface area (Å²) in [6.07, 6.45) is 13.1. The molecular formula is C19H28N4S. The number of allylic oxidation sites excluding steroid dienone is 2. The van der Waals surface area contributed by atoms with E-state index in [2.05, 4.69) is 59.8 Å². The molecule has 0 aromatic heterocycles. The van der Waals surface area contributed by atoms with Crippen molar-refractivity contribution in [2.24, 2.45) is 4.99 Å². The second kappa shape index (κ2) is 12.7. The van der Waals surface area contributed by atoms with E-state index in [4.69, 9.17) is 0 Å². The van der Waals surface area contributed by atoms with Gasteiger partial charge < -0.3 is 16.0 Å². The lowest BCUT2D eigenvalue weighted by atomic mass is 10.2. The molecule has 0 saturated carbocycles. The molecule has 130 valence electrons. The van der Waals surface area contributed by atoms with Crippen LogP contribution in [0.2, 0.25) is 0 Å². The van der Waals surface area contributed by atoms with Crippen molar-refractivity contribution in [3.05, 3.63) is 35.2 Å². The number of benzene rings is 1. The van der Waals surface area contributed by atoms with Gasteiger partial charge in [-0.3, -0.25) is 4.99 Å². The van der Waals surface area contributed by atoms with Gasteiger partial charge in [0.2, 0.25) is 0 Å². The fourth-order valence-electron chi connectivity index (χ4n) is 2.26. The van der Waals surface area contributed by atoms with Crippen LogP contribution in [0.5, 0.6) is 0 Å². The Hall–Kier alpha value is -1.74. The highest BCUT2D eigenvalue weighted by molar-refractivity contribution is 8.03. The largest absolute Gasteiger partial charge is 0.372 e. The molecule has 1 fully saturated rings. The summed E-state index contributed by atoms with van der Waals surface area (Å²) < 4.78 is 0. The lowest BCUT2D eigenvalue weighted by Crippen LogP contribution is -2.39. The minimum Gasteiger partial charge on any atom is -0.372 e. The number of piperazine rings is 1. The molecule has 2 heterocycles. The monoisotopic (exact) mass is 344 g/mol. The number of nitrogens with zero attached hydrogens (tertiary/aromatic N) is 1. The minimum absolute atomic E-state index is 0.366. The van der Waals surface area contributed by atoms with Crippen LogP contribution in [-0.2, 0) is 0 Å². The number of fused-ring (bicyclic) bond motifs is 1. The molecule has 5 heteroatoms. The van der Waals surface area contributed by atoms with E-state index in [0.29, 0.717) is 5.37 Å². The molecule has 2 aliphatic heterocycles. The van der Waals surface area contributed by atoms with Crippen LogP contribution in [0, 0.1) is 12.8 Å². The van der Waals surface area contributed by atoms with Gasteiger partial charge in [-0.15, -0.1) is 24.6 Å². The first kappa shape index (κ1) is 20.3. The number of thioether (sulfide) groups is 1. The fraction of sp³-hybridized carbons (Fsp3) is 0.421. The molecule has 0 radical (unpaired) electrons. The highest BCUT2D eigenvalue weighted by Gasteiger charge is 2.07. The van der Waals surface area contributed by atoms with Crippen molar-refractivity contribution >= 4 is 29.4 Å². The summed E-state index contributed by atoms with van der Waals surface area (Å²) in [5.41, 5.74) is 2.12. The maximum atomic E-state index is 4.48. The van der Waals surface area contributed by atoms with Crippen LogP contribution in [-0.4, -0.2) is 37.8 Å². The van der Waals surface area contributed by atoms with Gasteiger partial charge in [0, 0.05) is 38.8 Å². The van der Waals surface area contributed by atoms with Crippen LogP contribution in [0.1, 0.15) is 20.3 Å². The Morgan fingerprint density at radius 3 is 2.33 bits per heavy atom. The van der Waals surface area contributed by atoms with Crippen molar-refractivity contribution in [1.82, 2.24) is 10.6 Å². The maximum Gasteiger partial charge on any atom is 0.0857 e. The van der Waals surface area contributed by atoms with Crippen LogP contribution in [0.15, 0.2) is 40.2 Å². The number of anilines is 1. The predicted octanol–water partition coefficient (Wildman–Crippen LogP) is 3.62. The summed E-state index contributed by atoms with van der Waals surface area (Å²) in [5.74, 6) is 0. The number of hydrogen-bond donors (Lipinski definition) is 3. The molecule has 0 bridgehead atoms. The van der Waals surface area contributed by atoms with Gasteiger partial charge in [-0.1, -0.05) is 18.2 Å². The number of aliphatic imine (C=N–C) groups is 1. The highest BCUT2D eigenvalue weighted by atomic mass is 32.2. The summed E-state index contributed by atoms with van der Waals surface area (Å²) in [6.45, 7) is 8.87. The number of para-hydroxylation sites is 2. The van der Waals surface area contributed by atoms with Crippen LogP contribution in [0.4, 0.5) is 11.4 Å². The first-order valence-electron chi connectivity index (χ1n) is 8.22. The molecule has 1 aromatic carbocycles. The lowest BCUT2D eigenvalue weighted by molar-refractivity contribution is 0.534. The van der Waals surface area contributed by atoms with Gasteiger partial charge >= 0.3 is 0 Å². The average molecular weight is 345 g/mol. The Morgan fingerprint density at radius 2 is 1.71 bits per heavy atom. The molecule has 3 rings (SSSR count). The van der Waals surface area contributed by atoms with Crippen molar-refractivity contribution in [3.8, 4) is 12.8 Å². The summed E-state index contributed by atoms with van der Waals surface area (Å²) >= 11 is 1.85. The Bertz CT molecular complexity index is 536. The van der Waals surface area contributed by atoms with Crippen molar-refractivity contribution in [2.45, 2.75) is 25.6 Å². The molecule has 1 atom stereocenters. The zero-order valence-electron chi connectivity index (χ0n) is 14.6. The molecule has 1 aromatic rings. The molecule has 1 saturated heterocycles. The van der Waals surface area contributed by atoms with Crippen molar-refractivity contribution in [1.29, 1.82) is 0 Å². The molecule has 24 heavy (non-hydrogen) atoms.